The maximum absolute atomic E-state index is 12.2. The number of carbonyl (C=O) groups is 2. The number of aryl methyl sites for hydroxylation is 1. The second kappa shape index (κ2) is 11.0. The average molecular weight is 501 g/mol. The molecule has 0 unspecified atom stereocenters. The van der Waals surface area contributed by atoms with E-state index in [-0.39, 0.29) is 11.7 Å². The molecule has 2 aromatic rings. The van der Waals surface area contributed by atoms with Crippen molar-refractivity contribution in [2.45, 2.75) is 13.8 Å². The molecule has 2 aromatic carbocycles. The second-order valence-corrected chi connectivity index (χ2v) is 7.40. The highest BCUT2D eigenvalue weighted by molar-refractivity contribution is 9.10. The Morgan fingerprint density at radius 1 is 1.14 bits per heavy atom. The molecule has 0 heterocycles. The molecule has 0 saturated carbocycles. The summed E-state index contributed by atoms with van der Waals surface area (Å²) in [5.41, 5.74) is 6.01. The molecule has 0 spiro atoms. The Labute approximate surface area is 187 Å². The van der Waals surface area contributed by atoms with E-state index in [1.807, 2.05) is 13.8 Å². The van der Waals surface area contributed by atoms with Crippen molar-refractivity contribution in [2.75, 3.05) is 13.2 Å². The van der Waals surface area contributed by atoms with E-state index < -0.39 is 11.8 Å². The monoisotopic (exact) mass is 499 g/mol. The van der Waals surface area contributed by atoms with Gasteiger partial charge in [0.25, 0.3) is 11.8 Å². The lowest BCUT2D eigenvalue weighted by Gasteiger charge is -2.12. The molecule has 0 bridgehead atoms. The van der Waals surface area contributed by atoms with Crippen LogP contribution < -0.4 is 25.6 Å². The summed E-state index contributed by atoms with van der Waals surface area (Å²) >= 11 is 14.3. The van der Waals surface area contributed by atoms with Gasteiger partial charge in [-0.3, -0.25) is 25.8 Å². The van der Waals surface area contributed by atoms with E-state index in [4.69, 9.17) is 33.3 Å². The number of amides is 2. The van der Waals surface area contributed by atoms with Crippen LogP contribution in [0.2, 0.25) is 5.02 Å². The Morgan fingerprint density at radius 2 is 1.90 bits per heavy atom. The summed E-state index contributed by atoms with van der Waals surface area (Å²) in [6.45, 7) is 3.98. The average Bonchev–Trinajstić information content (AvgIpc) is 2.69. The molecule has 10 heteroatoms. The van der Waals surface area contributed by atoms with Crippen molar-refractivity contribution in [3.63, 3.8) is 0 Å². The molecule has 7 nitrogen and oxygen atoms in total. The highest BCUT2D eigenvalue weighted by Crippen LogP contribution is 2.26. The van der Waals surface area contributed by atoms with E-state index in [9.17, 15) is 9.59 Å². The molecule has 2 amide bonds. The number of rotatable bonds is 6. The Hall–Kier alpha value is -2.36. The number of nitrogens with one attached hydrogen (secondary N) is 3. The summed E-state index contributed by atoms with van der Waals surface area (Å²) in [5, 5.41) is 3.02. The van der Waals surface area contributed by atoms with Crippen LogP contribution >= 0.6 is 39.7 Å². The SMILES string of the molecule is CCOc1ccc(C(=O)NC(=S)NNC(=O)COc2ccc(Cl)c(C)c2)cc1Br. The fraction of sp³-hybridized carbons (Fsp3) is 0.211. The maximum Gasteiger partial charge on any atom is 0.276 e. The lowest BCUT2D eigenvalue weighted by Crippen LogP contribution is -2.49. The number of benzene rings is 2. The van der Waals surface area contributed by atoms with Crippen LogP contribution in [0.4, 0.5) is 0 Å². The van der Waals surface area contributed by atoms with Gasteiger partial charge in [-0.05, 0) is 84.0 Å². The van der Waals surface area contributed by atoms with Crippen LogP contribution in [0.1, 0.15) is 22.8 Å². The number of hydrogen-bond donors (Lipinski definition) is 3. The van der Waals surface area contributed by atoms with Crippen molar-refractivity contribution in [1.82, 2.24) is 16.2 Å². The fourth-order valence-electron chi connectivity index (χ4n) is 2.14. The molecule has 0 aliphatic carbocycles. The van der Waals surface area contributed by atoms with Gasteiger partial charge in [-0.25, -0.2) is 0 Å². The molecule has 0 aliphatic heterocycles. The van der Waals surface area contributed by atoms with Crippen LogP contribution in [0, 0.1) is 6.92 Å². The Kier molecular flexibility index (Phi) is 8.69. The van der Waals surface area contributed by atoms with Gasteiger partial charge in [-0.2, -0.15) is 0 Å². The Bertz CT molecular complexity index is 926. The molecule has 29 heavy (non-hydrogen) atoms. The van der Waals surface area contributed by atoms with E-state index in [1.54, 1.807) is 36.4 Å². The van der Waals surface area contributed by atoms with Gasteiger partial charge < -0.3 is 9.47 Å². The normalized spacial score (nSPS) is 10.1. The standard InChI is InChI=1S/C19H19BrClN3O4S/c1-3-27-16-7-4-12(9-14(16)20)18(26)22-19(29)24-23-17(25)10-28-13-5-6-15(21)11(2)8-13/h4-9H,3,10H2,1-2H3,(H,23,25)(H2,22,24,26,29). The van der Waals surface area contributed by atoms with Crippen LogP contribution in [0.15, 0.2) is 40.9 Å². The minimum absolute atomic E-state index is 0.0595. The van der Waals surface area contributed by atoms with Gasteiger partial charge in [0.2, 0.25) is 0 Å². The molecule has 2 rings (SSSR count). The van der Waals surface area contributed by atoms with Crippen LogP contribution in [-0.4, -0.2) is 30.1 Å². The lowest BCUT2D eigenvalue weighted by molar-refractivity contribution is -0.123. The molecule has 0 radical (unpaired) electrons. The van der Waals surface area contributed by atoms with Gasteiger partial charge in [0, 0.05) is 10.6 Å². The van der Waals surface area contributed by atoms with E-state index in [0.29, 0.717) is 33.2 Å². The summed E-state index contributed by atoms with van der Waals surface area (Å²) in [6.07, 6.45) is 0. The molecule has 0 fully saturated rings. The van der Waals surface area contributed by atoms with Crippen LogP contribution in [0.3, 0.4) is 0 Å². The van der Waals surface area contributed by atoms with Crippen LogP contribution in [0.5, 0.6) is 11.5 Å². The zero-order valence-corrected chi connectivity index (χ0v) is 18.8. The first-order valence-electron chi connectivity index (χ1n) is 8.51. The third-order valence-corrected chi connectivity index (χ3v) is 4.78. The number of carbonyl (C=O) groups excluding carboxylic acids is 2. The van der Waals surface area contributed by atoms with E-state index in [1.165, 1.54) is 0 Å². The topological polar surface area (TPSA) is 88.7 Å². The quantitative estimate of drug-likeness (QED) is 0.415. The van der Waals surface area contributed by atoms with E-state index in [2.05, 4.69) is 32.1 Å². The number of hydrogen-bond acceptors (Lipinski definition) is 5. The summed E-state index contributed by atoms with van der Waals surface area (Å²) in [4.78, 5) is 24.1. The molecule has 0 saturated heterocycles. The van der Waals surface area contributed by atoms with Gasteiger partial charge in [-0.15, -0.1) is 0 Å². The third kappa shape index (κ3) is 7.19. The van der Waals surface area contributed by atoms with Gasteiger partial charge in [0.05, 0.1) is 11.1 Å². The number of thiocarbonyl (C=S) groups is 1. The molecule has 0 atom stereocenters. The molecule has 0 aromatic heterocycles. The first-order valence-corrected chi connectivity index (χ1v) is 10.1. The van der Waals surface area contributed by atoms with Gasteiger partial charge in [-0.1, -0.05) is 11.6 Å². The first kappa shape index (κ1) is 22.9. The predicted molar refractivity (Wildman–Crippen MR) is 118 cm³/mol. The van der Waals surface area contributed by atoms with Crippen molar-refractivity contribution in [3.8, 4) is 11.5 Å². The molecule has 0 aliphatic rings. The lowest BCUT2D eigenvalue weighted by atomic mass is 10.2. The summed E-state index contributed by atoms with van der Waals surface area (Å²) in [7, 11) is 0. The minimum Gasteiger partial charge on any atom is -0.493 e. The second-order valence-electron chi connectivity index (χ2n) is 5.73. The summed E-state index contributed by atoms with van der Waals surface area (Å²) in [5.74, 6) is 0.235. The number of halogens is 2. The van der Waals surface area contributed by atoms with Crippen molar-refractivity contribution in [2.24, 2.45) is 0 Å². The van der Waals surface area contributed by atoms with Crippen LogP contribution in [0.25, 0.3) is 0 Å². The zero-order valence-electron chi connectivity index (χ0n) is 15.7. The van der Waals surface area contributed by atoms with Crippen molar-refractivity contribution in [3.05, 3.63) is 57.0 Å². The van der Waals surface area contributed by atoms with Crippen molar-refractivity contribution in [1.29, 1.82) is 0 Å². The Balaban J connectivity index is 1.78. The molecule has 3 N–H and O–H groups in total. The first-order chi connectivity index (χ1) is 13.8. The fourth-order valence-corrected chi connectivity index (χ4v) is 2.89. The molecular weight excluding hydrogens is 482 g/mol. The number of ether oxygens (including phenoxy) is 2. The maximum atomic E-state index is 12.2. The summed E-state index contributed by atoms with van der Waals surface area (Å²) in [6, 6.07) is 9.97. The van der Waals surface area contributed by atoms with Gasteiger partial charge in [0.1, 0.15) is 11.5 Å². The smallest absolute Gasteiger partial charge is 0.276 e. The van der Waals surface area contributed by atoms with Gasteiger partial charge >= 0.3 is 0 Å². The van der Waals surface area contributed by atoms with E-state index >= 15 is 0 Å². The van der Waals surface area contributed by atoms with Gasteiger partial charge in [0.15, 0.2) is 11.7 Å². The highest BCUT2D eigenvalue weighted by Gasteiger charge is 2.11. The minimum atomic E-state index is -0.474. The highest BCUT2D eigenvalue weighted by atomic mass is 79.9. The van der Waals surface area contributed by atoms with Crippen molar-refractivity contribution < 1.29 is 19.1 Å². The number of hydrazine groups is 1. The largest absolute Gasteiger partial charge is 0.493 e. The van der Waals surface area contributed by atoms with E-state index in [0.717, 1.165) is 5.56 Å². The molecular formula is C19H19BrClN3O4S. The summed E-state index contributed by atoms with van der Waals surface area (Å²) < 4.78 is 11.4. The zero-order chi connectivity index (χ0) is 21.4. The Morgan fingerprint density at radius 3 is 2.55 bits per heavy atom. The van der Waals surface area contributed by atoms with Crippen molar-refractivity contribution >= 4 is 56.7 Å². The third-order valence-electron chi connectivity index (χ3n) is 3.54. The van der Waals surface area contributed by atoms with Crippen LogP contribution in [-0.2, 0) is 4.79 Å². The predicted octanol–water partition coefficient (Wildman–Crippen LogP) is 3.52. The molecule has 154 valence electrons.